The number of nitrogens with one attached hydrogen (secondary N) is 2. The molecular formula is C34H49N3O8. The number of rotatable bonds is 21. The van der Waals surface area contributed by atoms with Gasteiger partial charge in [0.05, 0.1) is 26.9 Å². The van der Waals surface area contributed by atoms with Gasteiger partial charge >= 0.3 is 0 Å². The molecule has 4 atom stereocenters. The van der Waals surface area contributed by atoms with Crippen molar-refractivity contribution in [1.82, 2.24) is 0 Å². The number of benzene rings is 2. The average Bonchev–Trinajstić information content (AvgIpc) is 3.05. The van der Waals surface area contributed by atoms with E-state index in [1.807, 2.05) is 42.5 Å². The van der Waals surface area contributed by atoms with E-state index in [1.165, 1.54) is 7.11 Å². The van der Waals surface area contributed by atoms with Crippen LogP contribution in [0, 0.1) is 11.8 Å². The third-order valence-corrected chi connectivity index (χ3v) is 8.03. The predicted molar refractivity (Wildman–Crippen MR) is 177 cm³/mol. The van der Waals surface area contributed by atoms with Crippen molar-refractivity contribution >= 4 is 11.4 Å². The van der Waals surface area contributed by atoms with Gasteiger partial charge in [0.15, 0.2) is 11.5 Å². The van der Waals surface area contributed by atoms with E-state index in [2.05, 4.69) is 24.5 Å². The molecule has 45 heavy (non-hydrogen) atoms. The van der Waals surface area contributed by atoms with Gasteiger partial charge in [0.2, 0.25) is 0 Å². The lowest BCUT2D eigenvalue weighted by Crippen LogP contribution is -2.45. The first-order valence-electron chi connectivity index (χ1n) is 15.3. The predicted octanol–water partition coefficient (Wildman–Crippen LogP) is 3.35. The molecule has 3 rings (SSSR count). The molecule has 11 nitrogen and oxygen atoms in total. The second kappa shape index (κ2) is 17.7. The van der Waals surface area contributed by atoms with Crippen molar-refractivity contribution < 1.29 is 28.8 Å². The first-order valence-corrected chi connectivity index (χ1v) is 15.3. The monoisotopic (exact) mass is 627 g/mol. The SMILES string of the molecule is COCCCOc1cc(C[C@@H](C[C@H](N)[C@@H](O)CNc2c(NC(Cc3cccc(OC)c3)OC)c(=O)c2=O)C(C)C)ccc1OC. The Morgan fingerprint density at radius 1 is 0.867 bits per heavy atom. The highest BCUT2D eigenvalue weighted by Crippen LogP contribution is 2.31. The summed E-state index contributed by atoms with van der Waals surface area (Å²) in [6.45, 7) is 5.41. The zero-order valence-electron chi connectivity index (χ0n) is 27.3. The zero-order valence-corrected chi connectivity index (χ0v) is 27.3. The number of hydrogen-bond donors (Lipinski definition) is 4. The van der Waals surface area contributed by atoms with Gasteiger partial charge in [-0.15, -0.1) is 0 Å². The molecule has 0 bridgehead atoms. The van der Waals surface area contributed by atoms with Gasteiger partial charge in [-0.1, -0.05) is 32.0 Å². The molecule has 0 saturated carbocycles. The fourth-order valence-corrected chi connectivity index (χ4v) is 5.17. The number of aliphatic hydroxyl groups excluding tert-OH is 1. The largest absolute Gasteiger partial charge is 0.497 e. The second-order valence-corrected chi connectivity index (χ2v) is 11.6. The molecule has 3 aromatic carbocycles. The van der Waals surface area contributed by atoms with Crippen LogP contribution in [0.2, 0.25) is 0 Å². The molecule has 0 aliphatic carbocycles. The Bertz CT molecular complexity index is 1400. The Morgan fingerprint density at radius 2 is 1.60 bits per heavy atom. The zero-order chi connectivity index (χ0) is 32.9. The summed E-state index contributed by atoms with van der Waals surface area (Å²) >= 11 is 0. The minimum absolute atomic E-state index is 0.0149. The Hall–Kier alpha value is -3.64. The van der Waals surface area contributed by atoms with Gasteiger partial charge < -0.3 is 45.2 Å². The molecule has 0 saturated heterocycles. The van der Waals surface area contributed by atoms with E-state index in [4.69, 9.17) is 29.4 Å². The normalized spacial score (nSPS) is 14.2. The van der Waals surface area contributed by atoms with Crippen molar-refractivity contribution in [2.75, 3.05) is 58.8 Å². The molecule has 0 fully saturated rings. The van der Waals surface area contributed by atoms with Crippen LogP contribution in [0.5, 0.6) is 17.2 Å². The Balaban J connectivity index is 1.59. The minimum Gasteiger partial charge on any atom is -0.497 e. The highest BCUT2D eigenvalue weighted by atomic mass is 16.5. The third-order valence-electron chi connectivity index (χ3n) is 8.03. The van der Waals surface area contributed by atoms with Gasteiger partial charge in [-0.2, -0.15) is 0 Å². The summed E-state index contributed by atoms with van der Waals surface area (Å²) in [6.07, 6.45) is 0.986. The molecule has 0 aromatic heterocycles. The van der Waals surface area contributed by atoms with Crippen LogP contribution in [-0.2, 0) is 22.3 Å². The lowest BCUT2D eigenvalue weighted by Gasteiger charge is -2.28. The summed E-state index contributed by atoms with van der Waals surface area (Å²) in [5, 5.41) is 16.9. The van der Waals surface area contributed by atoms with E-state index in [-0.39, 0.29) is 23.8 Å². The minimum atomic E-state index is -0.950. The maximum atomic E-state index is 12.4. The van der Waals surface area contributed by atoms with Gasteiger partial charge in [0.25, 0.3) is 10.9 Å². The lowest BCUT2D eigenvalue weighted by molar-refractivity contribution is 0.125. The van der Waals surface area contributed by atoms with Gasteiger partial charge in [-0.25, -0.2) is 0 Å². The van der Waals surface area contributed by atoms with Crippen molar-refractivity contribution in [3.8, 4) is 17.2 Å². The van der Waals surface area contributed by atoms with Crippen LogP contribution in [0.25, 0.3) is 0 Å². The van der Waals surface area contributed by atoms with E-state index < -0.39 is 29.2 Å². The smallest absolute Gasteiger partial charge is 0.253 e. The van der Waals surface area contributed by atoms with Crippen molar-refractivity contribution in [3.63, 3.8) is 0 Å². The van der Waals surface area contributed by atoms with Crippen LogP contribution in [0.3, 0.4) is 0 Å². The van der Waals surface area contributed by atoms with Crippen LogP contribution < -0.4 is 41.4 Å². The Labute approximate surface area is 265 Å². The second-order valence-electron chi connectivity index (χ2n) is 11.6. The van der Waals surface area contributed by atoms with E-state index in [9.17, 15) is 14.7 Å². The summed E-state index contributed by atoms with van der Waals surface area (Å²) in [6, 6.07) is 12.9. The maximum absolute atomic E-state index is 12.4. The molecule has 5 N–H and O–H groups in total. The Kier molecular flexibility index (Phi) is 14.1. The number of ether oxygens (including phenoxy) is 5. The van der Waals surface area contributed by atoms with Gasteiger partial charge in [0.1, 0.15) is 23.4 Å². The van der Waals surface area contributed by atoms with Crippen molar-refractivity contribution in [3.05, 3.63) is 74.0 Å². The molecule has 1 unspecified atom stereocenters. The molecule has 0 spiro atoms. The highest BCUT2D eigenvalue weighted by Gasteiger charge is 2.27. The lowest BCUT2D eigenvalue weighted by atomic mass is 9.83. The number of methoxy groups -OCH3 is 4. The fourth-order valence-electron chi connectivity index (χ4n) is 5.17. The first-order chi connectivity index (χ1) is 21.6. The summed E-state index contributed by atoms with van der Waals surface area (Å²) in [5.41, 5.74) is 7.47. The van der Waals surface area contributed by atoms with Crippen LogP contribution in [-0.4, -0.2) is 71.7 Å². The molecule has 3 aromatic rings. The molecule has 0 aliphatic heterocycles. The molecular weight excluding hydrogens is 578 g/mol. The van der Waals surface area contributed by atoms with Crippen LogP contribution in [0.15, 0.2) is 52.1 Å². The highest BCUT2D eigenvalue weighted by molar-refractivity contribution is 5.74. The topological polar surface area (TPSA) is 151 Å². The average molecular weight is 628 g/mol. The number of anilines is 2. The third kappa shape index (κ3) is 10.2. The quantitative estimate of drug-likeness (QED) is 0.0782. The van der Waals surface area contributed by atoms with Crippen molar-refractivity contribution in [2.45, 2.75) is 57.9 Å². The molecule has 11 heteroatoms. The van der Waals surface area contributed by atoms with Crippen LogP contribution in [0.4, 0.5) is 11.4 Å². The summed E-state index contributed by atoms with van der Waals surface area (Å²) in [4.78, 5) is 24.8. The number of nitrogens with two attached hydrogens (primary N) is 1. The molecule has 0 amide bonds. The number of hydrogen-bond acceptors (Lipinski definition) is 11. The van der Waals surface area contributed by atoms with E-state index in [0.29, 0.717) is 49.2 Å². The van der Waals surface area contributed by atoms with Crippen molar-refractivity contribution in [2.24, 2.45) is 17.6 Å². The van der Waals surface area contributed by atoms with Crippen molar-refractivity contribution in [1.29, 1.82) is 0 Å². The first kappa shape index (κ1) is 35.8. The van der Waals surface area contributed by atoms with E-state index >= 15 is 0 Å². The van der Waals surface area contributed by atoms with E-state index in [0.717, 1.165) is 24.0 Å². The molecule has 0 heterocycles. The summed E-state index contributed by atoms with van der Waals surface area (Å²) < 4.78 is 27.3. The van der Waals surface area contributed by atoms with Crippen LogP contribution in [0.1, 0.15) is 37.8 Å². The Morgan fingerprint density at radius 3 is 2.27 bits per heavy atom. The molecule has 0 radical (unpaired) electrons. The maximum Gasteiger partial charge on any atom is 0.253 e. The van der Waals surface area contributed by atoms with Gasteiger partial charge in [0, 0.05) is 46.3 Å². The van der Waals surface area contributed by atoms with E-state index in [1.54, 1.807) is 21.3 Å². The van der Waals surface area contributed by atoms with Gasteiger partial charge in [-0.3, -0.25) is 9.59 Å². The molecule has 0 aliphatic rings. The summed E-state index contributed by atoms with van der Waals surface area (Å²) in [5.74, 6) is 2.52. The van der Waals surface area contributed by atoms with Gasteiger partial charge in [-0.05, 0) is 60.1 Å². The molecule has 248 valence electrons. The standard InChI is InChI=1S/C34H49N3O8/c1-21(2)24(15-23-11-12-28(43-5)29(17-23)45-14-8-13-41-3)19-26(35)27(38)20-36-31-32(34(40)33(31)39)37-30(44-6)18-22-9-7-10-25(16-22)42-4/h7,9-12,16-17,21,24,26-27,30,36-38H,8,13-15,18-20,35H2,1-6H3/t24-,26-,27-,30?/m0/s1. The van der Waals surface area contributed by atoms with Crippen LogP contribution >= 0.6 is 0 Å². The fraction of sp³-hybridized carbons (Fsp3) is 0.529. The number of aliphatic hydroxyl groups is 1. The summed E-state index contributed by atoms with van der Waals surface area (Å²) in [7, 11) is 6.39.